The maximum absolute atomic E-state index is 12.4. The van der Waals surface area contributed by atoms with Crippen molar-refractivity contribution >= 4 is 45.6 Å². The summed E-state index contributed by atoms with van der Waals surface area (Å²) in [6.45, 7) is 0. The number of nitrogens with zero attached hydrogens (tertiary/aromatic N) is 1. The molecular weight excluding hydrogens is 398 g/mol. The third-order valence-electron chi connectivity index (χ3n) is 3.88. The Kier molecular flexibility index (Phi) is 6.62. The van der Waals surface area contributed by atoms with E-state index in [1.807, 2.05) is 30.3 Å². The Morgan fingerprint density at radius 2 is 1.93 bits per heavy atom. The third-order valence-corrected chi connectivity index (χ3v) is 4.87. The van der Waals surface area contributed by atoms with Crippen molar-refractivity contribution in [3.05, 3.63) is 70.2 Å². The van der Waals surface area contributed by atoms with E-state index in [2.05, 4.69) is 15.6 Å². The second-order valence-corrected chi connectivity index (χ2v) is 7.16. The number of carbonyl (C=O) groups excluding carboxylic acids is 2. The number of nitrogens with one attached hydrogen (secondary N) is 2. The summed E-state index contributed by atoms with van der Waals surface area (Å²) in [5.41, 5.74) is 1.74. The second-order valence-electron chi connectivity index (χ2n) is 5.87. The SMILES string of the molecule is COc1ccc(Cl)cc1NC(=O)c1csc(NC(=O)CCc2ccccc2)n1. The zero-order valence-electron chi connectivity index (χ0n) is 15.1. The van der Waals surface area contributed by atoms with Crippen molar-refractivity contribution < 1.29 is 14.3 Å². The number of hydrogen-bond acceptors (Lipinski definition) is 5. The van der Waals surface area contributed by atoms with Gasteiger partial charge in [0.15, 0.2) is 5.13 Å². The minimum Gasteiger partial charge on any atom is -0.495 e. The Balaban J connectivity index is 1.58. The molecule has 3 rings (SSSR count). The molecule has 0 bridgehead atoms. The first-order valence-corrected chi connectivity index (χ1v) is 9.75. The van der Waals surface area contributed by atoms with Crippen molar-refractivity contribution in [3.8, 4) is 5.75 Å². The quantitative estimate of drug-likeness (QED) is 0.589. The molecule has 8 heteroatoms. The normalized spacial score (nSPS) is 10.4. The lowest BCUT2D eigenvalue weighted by Crippen LogP contribution is -2.15. The summed E-state index contributed by atoms with van der Waals surface area (Å²) in [6, 6.07) is 14.7. The predicted molar refractivity (Wildman–Crippen MR) is 111 cm³/mol. The first-order chi connectivity index (χ1) is 13.5. The van der Waals surface area contributed by atoms with Gasteiger partial charge in [0.2, 0.25) is 5.91 Å². The lowest BCUT2D eigenvalue weighted by Gasteiger charge is -2.09. The fraction of sp³-hybridized carbons (Fsp3) is 0.150. The van der Waals surface area contributed by atoms with Crippen molar-refractivity contribution in [2.45, 2.75) is 12.8 Å². The lowest BCUT2D eigenvalue weighted by molar-refractivity contribution is -0.116. The smallest absolute Gasteiger partial charge is 0.275 e. The molecule has 6 nitrogen and oxygen atoms in total. The highest BCUT2D eigenvalue weighted by Gasteiger charge is 2.15. The van der Waals surface area contributed by atoms with Gasteiger partial charge in [0.1, 0.15) is 11.4 Å². The number of methoxy groups -OCH3 is 1. The Hall–Kier alpha value is -2.90. The maximum atomic E-state index is 12.4. The Morgan fingerprint density at radius 3 is 2.68 bits per heavy atom. The largest absolute Gasteiger partial charge is 0.495 e. The Labute approximate surface area is 171 Å². The number of carbonyl (C=O) groups is 2. The second kappa shape index (κ2) is 9.34. The van der Waals surface area contributed by atoms with Crippen LogP contribution in [0.15, 0.2) is 53.9 Å². The molecule has 0 atom stereocenters. The van der Waals surface area contributed by atoms with E-state index in [-0.39, 0.29) is 11.6 Å². The first-order valence-electron chi connectivity index (χ1n) is 8.49. The number of benzene rings is 2. The van der Waals surface area contributed by atoms with Crippen LogP contribution in [0.4, 0.5) is 10.8 Å². The van der Waals surface area contributed by atoms with Gasteiger partial charge in [-0.3, -0.25) is 9.59 Å². The minimum absolute atomic E-state index is 0.151. The van der Waals surface area contributed by atoms with Crippen LogP contribution in [0.1, 0.15) is 22.5 Å². The summed E-state index contributed by atoms with van der Waals surface area (Å²) in [4.78, 5) is 28.7. The summed E-state index contributed by atoms with van der Waals surface area (Å²) in [5.74, 6) is -0.0781. The van der Waals surface area contributed by atoms with E-state index in [0.29, 0.717) is 34.4 Å². The molecule has 0 aliphatic carbocycles. The molecule has 2 amide bonds. The number of hydrogen-bond donors (Lipinski definition) is 2. The van der Waals surface area contributed by atoms with Gasteiger partial charge in [-0.1, -0.05) is 41.9 Å². The molecule has 0 spiro atoms. The van der Waals surface area contributed by atoms with Crippen molar-refractivity contribution in [1.29, 1.82) is 0 Å². The van der Waals surface area contributed by atoms with Crippen LogP contribution in [0.2, 0.25) is 5.02 Å². The van der Waals surface area contributed by atoms with Crippen LogP contribution in [0.5, 0.6) is 5.75 Å². The molecule has 0 aliphatic heterocycles. The molecule has 144 valence electrons. The topological polar surface area (TPSA) is 80.3 Å². The highest BCUT2D eigenvalue weighted by atomic mass is 35.5. The van der Waals surface area contributed by atoms with Crippen LogP contribution in [0.25, 0.3) is 0 Å². The number of amides is 2. The molecule has 28 heavy (non-hydrogen) atoms. The van der Waals surface area contributed by atoms with E-state index >= 15 is 0 Å². The van der Waals surface area contributed by atoms with Gasteiger partial charge in [-0.05, 0) is 30.2 Å². The van der Waals surface area contributed by atoms with Crippen molar-refractivity contribution in [1.82, 2.24) is 4.98 Å². The monoisotopic (exact) mass is 415 g/mol. The molecule has 0 radical (unpaired) electrons. The molecule has 2 aromatic carbocycles. The fourth-order valence-corrected chi connectivity index (χ4v) is 3.36. The molecule has 1 aromatic heterocycles. The minimum atomic E-state index is -0.415. The van der Waals surface area contributed by atoms with Gasteiger partial charge < -0.3 is 15.4 Å². The van der Waals surface area contributed by atoms with E-state index < -0.39 is 5.91 Å². The molecular formula is C20H18ClN3O3S. The van der Waals surface area contributed by atoms with Crippen molar-refractivity contribution in [2.75, 3.05) is 17.7 Å². The average Bonchev–Trinajstić information content (AvgIpc) is 3.16. The highest BCUT2D eigenvalue weighted by molar-refractivity contribution is 7.14. The number of rotatable bonds is 7. The van der Waals surface area contributed by atoms with E-state index in [1.165, 1.54) is 18.4 Å². The number of aromatic nitrogens is 1. The van der Waals surface area contributed by atoms with Crippen molar-refractivity contribution in [3.63, 3.8) is 0 Å². The molecule has 0 aliphatic rings. The van der Waals surface area contributed by atoms with E-state index in [4.69, 9.17) is 16.3 Å². The van der Waals surface area contributed by atoms with Gasteiger partial charge in [-0.15, -0.1) is 11.3 Å². The summed E-state index contributed by atoms with van der Waals surface area (Å²) in [5, 5.41) is 7.87. The van der Waals surface area contributed by atoms with Gasteiger partial charge in [-0.25, -0.2) is 4.98 Å². The first kappa shape index (κ1) is 19.9. The number of ether oxygens (including phenoxy) is 1. The average molecular weight is 416 g/mol. The number of halogens is 1. The van der Waals surface area contributed by atoms with Crippen LogP contribution in [-0.2, 0) is 11.2 Å². The predicted octanol–water partition coefficient (Wildman–Crippen LogP) is 4.63. The van der Waals surface area contributed by atoms with Gasteiger partial charge in [-0.2, -0.15) is 0 Å². The number of thiazole rings is 1. The van der Waals surface area contributed by atoms with Crippen molar-refractivity contribution in [2.24, 2.45) is 0 Å². The highest BCUT2D eigenvalue weighted by Crippen LogP contribution is 2.28. The lowest BCUT2D eigenvalue weighted by atomic mass is 10.1. The van der Waals surface area contributed by atoms with Crippen LogP contribution in [-0.4, -0.2) is 23.9 Å². The molecule has 0 saturated heterocycles. The van der Waals surface area contributed by atoms with E-state index in [9.17, 15) is 9.59 Å². The van der Waals surface area contributed by atoms with Crippen LogP contribution in [0.3, 0.4) is 0 Å². The van der Waals surface area contributed by atoms with Gasteiger partial charge in [0.25, 0.3) is 5.91 Å². The number of anilines is 2. The fourth-order valence-electron chi connectivity index (χ4n) is 2.48. The van der Waals surface area contributed by atoms with E-state index in [1.54, 1.807) is 23.6 Å². The number of aryl methyl sites for hydroxylation is 1. The summed E-state index contributed by atoms with van der Waals surface area (Å²) >= 11 is 7.16. The molecule has 1 heterocycles. The zero-order chi connectivity index (χ0) is 19.9. The third kappa shape index (κ3) is 5.31. The molecule has 0 fully saturated rings. The summed E-state index contributed by atoms with van der Waals surface area (Å²) < 4.78 is 5.21. The standard InChI is InChI=1S/C20H18ClN3O3S/c1-27-17-9-8-14(21)11-15(17)22-19(26)16-12-28-20(23-16)24-18(25)10-7-13-5-3-2-4-6-13/h2-6,8-9,11-12H,7,10H2,1H3,(H,22,26)(H,23,24,25). The van der Waals surface area contributed by atoms with Crippen LogP contribution >= 0.6 is 22.9 Å². The molecule has 2 N–H and O–H groups in total. The molecule has 0 saturated carbocycles. The Morgan fingerprint density at radius 1 is 1.14 bits per heavy atom. The van der Waals surface area contributed by atoms with Crippen LogP contribution < -0.4 is 15.4 Å². The molecule has 3 aromatic rings. The van der Waals surface area contributed by atoms with Gasteiger partial charge in [0.05, 0.1) is 12.8 Å². The van der Waals surface area contributed by atoms with Gasteiger partial charge >= 0.3 is 0 Å². The maximum Gasteiger partial charge on any atom is 0.275 e. The van der Waals surface area contributed by atoms with Gasteiger partial charge in [0, 0.05) is 16.8 Å². The summed E-state index contributed by atoms with van der Waals surface area (Å²) in [7, 11) is 1.50. The Bertz CT molecular complexity index is 976. The zero-order valence-corrected chi connectivity index (χ0v) is 16.6. The molecule has 0 unspecified atom stereocenters. The van der Waals surface area contributed by atoms with E-state index in [0.717, 1.165) is 5.56 Å². The summed E-state index contributed by atoms with van der Waals surface area (Å²) in [6.07, 6.45) is 0.977. The van der Waals surface area contributed by atoms with Crippen LogP contribution in [0, 0.1) is 0 Å².